The Morgan fingerprint density at radius 3 is 2.50 bits per heavy atom. The summed E-state index contributed by atoms with van der Waals surface area (Å²) in [5.74, 6) is 0.277. The largest absolute Gasteiger partial charge is 0.487 e. The summed E-state index contributed by atoms with van der Waals surface area (Å²) in [6.45, 7) is 3.92. The number of hydrogen-bond acceptors (Lipinski definition) is 5. The van der Waals surface area contributed by atoms with Crippen LogP contribution in [-0.2, 0) is 14.8 Å². The second-order valence-electron chi connectivity index (χ2n) is 9.61. The van der Waals surface area contributed by atoms with Gasteiger partial charge in [-0.2, -0.15) is 4.31 Å². The highest BCUT2D eigenvalue weighted by Gasteiger charge is 2.39. The maximum atomic E-state index is 13.6. The zero-order valence-electron chi connectivity index (χ0n) is 20.1. The molecule has 2 aliphatic rings. The van der Waals surface area contributed by atoms with Gasteiger partial charge in [-0.15, -0.1) is 0 Å². The number of hydrogen-bond donors (Lipinski definition) is 1. The van der Waals surface area contributed by atoms with Crippen molar-refractivity contribution in [2.45, 2.75) is 50.2 Å². The van der Waals surface area contributed by atoms with Crippen LogP contribution in [0.4, 0.5) is 0 Å². The number of benzene rings is 2. The molecule has 1 saturated carbocycles. The summed E-state index contributed by atoms with van der Waals surface area (Å²) in [7, 11) is -2.10. The van der Waals surface area contributed by atoms with E-state index in [2.05, 4.69) is 0 Å². The monoisotopic (exact) mass is 486 g/mol. The quantitative estimate of drug-likeness (QED) is 0.676. The molecule has 1 fully saturated rings. The van der Waals surface area contributed by atoms with Crippen molar-refractivity contribution >= 4 is 15.9 Å². The van der Waals surface area contributed by atoms with Gasteiger partial charge in [-0.05, 0) is 43.0 Å². The summed E-state index contributed by atoms with van der Waals surface area (Å²) in [6, 6.07) is 14.3. The molecule has 0 radical (unpaired) electrons. The van der Waals surface area contributed by atoms with Gasteiger partial charge in [-0.25, -0.2) is 8.42 Å². The van der Waals surface area contributed by atoms with Crippen LogP contribution in [0, 0.1) is 11.8 Å². The van der Waals surface area contributed by atoms with E-state index in [1.165, 1.54) is 4.31 Å². The molecule has 2 aromatic rings. The normalized spacial score (nSPS) is 23.5. The Kier molecular flexibility index (Phi) is 7.31. The first-order valence-corrected chi connectivity index (χ1v) is 13.4. The number of rotatable bonds is 6. The number of likely N-dealkylation sites (N-methyl/N-ethyl adjacent to an activating group) is 1. The van der Waals surface area contributed by atoms with Gasteiger partial charge >= 0.3 is 0 Å². The molecule has 1 aliphatic heterocycles. The number of amides is 1. The lowest BCUT2D eigenvalue weighted by Crippen LogP contribution is -2.50. The average Bonchev–Trinajstić information content (AvgIpc) is 2.79. The number of fused-ring (bicyclic) bond motifs is 1. The van der Waals surface area contributed by atoms with Gasteiger partial charge < -0.3 is 14.7 Å². The van der Waals surface area contributed by atoms with Crippen LogP contribution in [0.15, 0.2) is 53.4 Å². The maximum absolute atomic E-state index is 13.6. The Morgan fingerprint density at radius 1 is 1.18 bits per heavy atom. The molecule has 7 nitrogen and oxygen atoms in total. The van der Waals surface area contributed by atoms with Crippen molar-refractivity contribution in [1.82, 2.24) is 9.21 Å². The van der Waals surface area contributed by atoms with E-state index in [9.17, 15) is 18.3 Å². The van der Waals surface area contributed by atoms with Gasteiger partial charge in [0.15, 0.2) is 0 Å². The highest BCUT2D eigenvalue weighted by molar-refractivity contribution is 7.89. The van der Waals surface area contributed by atoms with Crippen LogP contribution in [0.1, 0.15) is 33.1 Å². The van der Waals surface area contributed by atoms with Gasteiger partial charge in [0.1, 0.15) is 16.7 Å². The predicted molar refractivity (Wildman–Crippen MR) is 131 cm³/mol. The molecule has 1 amide bonds. The summed E-state index contributed by atoms with van der Waals surface area (Å²) in [5.41, 5.74) is 1.80. The summed E-state index contributed by atoms with van der Waals surface area (Å²) >= 11 is 0. The van der Waals surface area contributed by atoms with Crippen molar-refractivity contribution in [1.29, 1.82) is 0 Å². The van der Waals surface area contributed by atoms with Crippen LogP contribution in [0.2, 0.25) is 0 Å². The van der Waals surface area contributed by atoms with E-state index in [4.69, 9.17) is 4.74 Å². The number of carbonyl (C=O) groups is 1. The fraction of sp³-hybridized carbons (Fsp3) is 0.500. The van der Waals surface area contributed by atoms with Gasteiger partial charge in [0.2, 0.25) is 15.9 Å². The minimum absolute atomic E-state index is 0.0807. The molecule has 0 saturated heterocycles. The van der Waals surface area contributed by atoms with E-state index in [0.717, 1.165) is 30.4 Å². The first kappa shape index (κ1) is 24.7. The van der Waals surface area contributed by atoms with Gasteiger partial charge in [-0.3, -0.25) is 4.79 Å². The van der Waals surface area contributed by atoms with Gasteiger partial charge in [-0.1, -0.05) is 49.7 Å². The number of sulfonamides is 1. The third-order valence-electron chi connectivity index (χ3n) is 7.06. The number of carbonyl (C=O) groups excluding carboxylic acids is 1. The Morgan fingerprint density at radius 2 is 1.88 bits per heavy atom. The Balaban J connectivity index is 1.74. The Hall–Kier alpha value is -2.42. The molecular weight excluding hydrogens is 452 g/mol. The van der Waals surface area contributed by atoms with E-state index >= 15 is 0 Å². The van der Waals surface area contributed by atoms with Crippen LogP contribution in [0.3, 0.4) is 0 Å². The fourth-order valence-electron chi connectivity index (χ4n) is 4.58. The molecule has 0 unspecified atom stereocenters. The zero-order valence-corrected chi connectivity index (χ0v) is 20.9. The minimum atomic E-state index is -3.89. The molecule has 8 heteroatoms. The molecule has 184 valence electrons. The second-order valence-corrected chi connectivity index (χ2v) is 11.5. The SMILES string of the molecule is C[C@@H]1CN([C@H](C)CO)S(=O)(=O)c2ccc(-c3ccccc3)cc2O[C@H]1CN(C)C(=O)C1CCC1. The highest BCUT2D eigenvalue weighted by Crippen LogP contribution is 2.37. The summed E-state index contributed by atoms with van der Waals surface area (Å²) < 4.78 is 35.0. The smallest absolute Gasteiger partial charge is 0.247 e. The van der Waals surface area contributed by atoms with E-state index < -0.39 is 22.2 Å². The lowest BCUT2D eigenvalue weighted by molar-refractivity contribution is -0.138. The first-order chi connectivity index (χ1) is 16.2. The van der Waals surface area contributed by atoms with E-state index in [0.29, 0.717) is 6.54 Å². The summed E-state index contributed by atoms with van der Waals surface area (Å²) in [4.78, 5) is 14.6. The van der Waals surface area contributed by atoms with E-state index in [1.807, 2.05) is 37.3 Å². The van der Waals surface area contributed by atoms with Gasteiger partial charge in [0.05, 0.1) is 13.2 Å². The highest BCUT2D eigenvalue weighted by atomic mass is 32.2. The van der Waals surface area contributed by atoms with E-state index in [-0.39, 0.29) is 41.5 Å². The standard InChI is InChI=1S/C26H34N2O5S/c1-18-15-28(19(2)17-29)34(31,32)25-13-12-22(20-8-5-4-6-9-20)14-23(25)33-24(18)16-27(3)26(30)21-10-7-11-21/h4-6,8-9,12-14,18-19,21,24,29H,7,10-11,15-17H2,1-3H3/t18-,19-,24+/m1/s1. The number of ether oxygens (including phenoxy) is 1. The number of nitrogens with zero attached hydrogens (tertiary/aromatic N) is 2. The molecule has 2 aromatic carbocycles. The lowest BCUT2D eigenvalue weighted by atomic mass is 9.84. The third kappa shape index (κ3) is 4.85. The lowest BCUT2D eigenvalue weighted by Gasteiger charge is -2.38. The molecule has 34 heavy (non-hydrogen) atoms. The van der Waals surface area contributed by atoms with Gasteiger partial charge in [0, 0.05) is 31.5 Å². The average molecular weight is 487 g/mol. The molecule has 0 spiro atoms. The molecular formula is C26H34N2O5S. The van der Waals surface area contributed by atoms with E-state index in [1.54, 1.807) is 37.1 Å². The number of aliphatic hydroxyl groups excluding tert-OH is 1. The Labute approximate surface area is 202 Å². The molecule has 0 aromatic heterocycles. The van der Waals surface area contributed by atoms with Gasteiger partial charge in [0.25, 0.3) is 0 Å². The van der Waals surface area contributed by atoms with Crippen LogP contribution < -0.4 is 4.74 Å². The maximum Gasteiger partial charge on any atom is 0.247 e. The third-order valence-corrected chi connectivity index (χ3v) is 9.08. The molecule has 4 rings (SSSR count). The second kappa shape index (κ2) is 10.1. The van der Waals surface area contributed by atoms with Crippen LogP contribution in [0.25, 0.3) is 11.1 Å². The van der Waals surface area contributed by atoms with Crippen LogP contribution in [-0.4, -0.2) is 67.5 Å². The molecule has 1 N–H and O–H groups in total. The minimum Gasteiger partial charge on any atom is -0.487 e. The Bertz CT molecular complexity index is 1120. The molecule has 0 bridgehead atoms. The summed E-state index contributed by atoms with van der Waals surface area (Å²) in [5, 5.41) is 9.80. The zero-order chi connectivity index (χ0) is 24.5. The van der Waals surface area contributed by atoms with Crippen molar-refractivity contribution in [2.24, 2.45) is 11.8 Å². The fourth-order valence-corrected chi connectivity index (χ4v) is 6.41. The topological polar surface area (TPSA) is 87.2 Å². The van der Waals surface area contributed by atoms with Crippen molar-refractivity contribution < 1.29 is 23.1 Å². The summed E-state index contributed by atoms with van der Waals surface area (Å²) in [6.07, 6.45) is 2.53. The number of aliphatic hydroxyl groups is 1. The predicted octanol–water partition coefficient (Wildman–Crippen LogP) is 3.38. The van der Waals surface area contributed by atoms with Crippen molar-refractivity contribution in [3.63, 3.8) is 0 Å². The van der Waals surface area contributed by atoms with Crippen molar-refractivity contribution in [3.05, 3.63) is 48.5 Å². The van der Waals surface area contributed by atoms with Crippen molar-refractivity contribution in [3.8, 4) is 16.9 Å². The van der Waals surface area contributed by atoms with Crippen LogP contribution in [0.5, 0.6) is 5.75 Å². The molecule has 1 heterocycles. The first-order valence-electron chi connectivity index (χ1n) is 12.0. The van der Waals surface area contributed by atoms with Crippen LogP contribution >= 0.6 is 0 Å². The van der Waals surface area contributed by atoms with Crippen molar-refractivity contribution in [2.75, 3.05) is 26.7 Å². The molecule has 3 atom stereocenters. The molecule has 1 aliphatic carbocycles.